The first-order valence-electron chi connectivity index (χ1n) is 6.13. The zero-order chi connectivity index (χ0) is 13.6. The average Bonchev–Trinajstić information content (AvgIpc) is 2.34. The van der Waals surface area contributed by atoms with E-state index in [4.69, 9.17) is 9.84 Å². The van der Waals surface area contributed by atoms with Crippen molar-refractivity contribution in [1.82, 2.24) is 0 Å². The van der Waals surface area contributed by atoms with E-state index in [9.17, 15) is 9.90 Å². The number of aliphatic carboxylic acids is 1. The maximum atomic E-state index is 10.5. The standard InChI is InChI=1S/C14H20O4/c1-3-10-18-12-6-4-11(5-7-12)14(2,17)9-8-13(15)16/h4-7,17H,3,8-10H2,1-2H3,(H,15,16). The molecule has 100 valence electrons. The van der Waals surface area contributed by atoms with E-state index in [2.05, 4.69) is 0 Å². The predicted octanol–water partition coefficient (Wildman–Crippen LogP) is 2.55. The van der Waals surface area contributed by atoms with Gasteiger partial charge in [0, 0.05) is 6.42 Å². The fourth-order valence-electron chi connectivity index (χ4n) is 1.62. The van der Waals surface area contributed by atoms with Gasteiger partial charge in [0.25, 0.3) is 0 Å². The molecular weight excluding hydrogens is 232 g/mol. The van der Waals surface area contributed by atoms with Crippen LogP contribution in [0.5, 0.6) is 5.75 Å². The van der Waals surface area contributed by atoms with Crippen molar-refractivity contribution < 1.29 is 19.7 Å². The third kappa shape index (κ3) is 4.37. The second-order valence-corrected chi connectivity index (χ2v) is 4.54. The summed E-state index contributed by atoms with van der Waals surface area (Å²) in [6.45, 7) is 4.32. The minimum absolute atomic E-state index is 0.0545. The summed E-state index contributed by atoms with van der Waals surface area (Å²) in [5.41, 5.74) is -0.422. The van der Waals surface area contributed by atoms with Crippen LogP contribution >= 0.6 is 0 Å². The fraction of sp³-hybridized carbons (Fsp3) is 0.500. The van der Waals surface area contributed by atoms with Crippen LogP contribution in [-0.2, 0) is 10.4 Å². The van der Waals surface area contributed by atoms with E-state index >= 15 is 0 Å². The molecule has 0 aliphatic heterocycles. The van der Waals surface area contributed by atoms with Crippen LogP contribution in [0.25, 0.3) is 0 Å². The lowest BCUT2D eigenvalue weighted by molar-refractivity contribution is -0.138. The van der Waals surface area contributed by atoms with Gasteiger partial charge in [0.15, 0.2) is 0 Å². The van der Waals surface area contributed by atoms with Crippen molar-refractivity contribution in [2.45, 2.75) is 38.7 Å². The number of ether oxygens (including phenoxy) is 1. The quantitative estimate of drug-likeness (QED) is 0.782. The number of carboxylic acids is 1. The van der Waals surface area contributed by atoms with Crippen LogP contribution in [0.1, 0.15) is 38.7 Å². The molecule has 1 aromatic carbocycles. The highest BCUT2D eigenvalue weighted by molar-refractivity contribution is 5.66. The van der Waals surface area contributed by atoms with Crippen molar-refractivity contribution in [3.63, 3.8) is 0 Å². The number of rotatable bonds is 7. The summed E-state index contributed by atoms with van der Waals surface area (Å²) in [5, 5.41) is 18.8. The summed E-state index contributed by atoms with van der Waals surface area (Å²) in [7, 11) is 0. The molecule has 0 spiro atoms. The summed E-state index contributed by atoms with van der Waals surface area (Å²) in [6.07, 6.45) is 1.08. The van der Waals surface area contributed by atoms with Gasteiger partial charge in [0.1, 0.15) is 5.75 Å². The molecule has 0 saturated carbocycles. The van der Waals surface area contributed by atoms with Gasteiger partial charge in [-0.3, -0.25) is 4.79 Å². The minimum Gasteiger partial charge on any atom is -0.494 e. The van der Waals surface area contributed by atoms with E-state index in [1.165, 1.54) is 0 Å². The molecule has 18 heavy (non-hydrogen) atoms. The van der Waals surface area contributed by atoms with Crippen molar-refractivity contribution in [2.24, 2.45) is 0 Å². The van der Waals surface area contributed by atoms with Crippen LogP contribution in [-0.4, -0.2) is 22.8 Å². The molecule has 0 heterocycles. The Morgan fingerprint density at radius 2 is 1.94 bits per heavy atom. The topological polar surface area (TPSA) is 66.8 Å². The van der Waals surface area contributed by atoms with Crippen molar-refractivity contribution in [3.05, 3.63) is 29.8 Å². The van der Waals surface area contributed by atoms with Gasteiger partial charge in [0.05, 0.1) is 12.2 Å². The highest BCUT2D eigenvalue weighted by Gasteiger charge is 2.23. The van der Waals surface area contributed by atoms with E-state index in [-0.39, 0.29) is 12.8 Å². The van der Waals surface area contributed by atoms with Gasteiger partial charge in [0.2, 0.25) is 0 Å². The van der Waals surface area contributed by atoms with E-state index in [1.54, 1.807) is 31.2 Å². The first kappa shape index (κ1) is 14.5. The molecule has 4 heteroatoms. The second-order valence-electron chi connectivity index (χ2n) is 4.54. The third-order valence-electron chi connectivity index (χ3n) is 2.77. The number of carboxylic acid groups (broad SMARTS) is 1. The summed E-state index contributed by atoms with van der Waals surface area (Å²) < 4.78 is 5.45. The van der Waals surface area contributed by atoms with E-state index in [0.29, 0.717) is 12.2 Å². The Bertz CT molecular complexity index is 381. The summed E-state index contributed by atoms with van der Waals surface area (Å²) in [4.78, 5) is 10.5. The van der Waals surface area contributed by atoms with Crippen LogP contribution < -0.4 is 4.74 Å². The second kappa shape index (κ2) is 6.40. The molecule has 0 aromatic heterocycles. The summed E-state index contributed by atoms with van der Waals surface area (Å²) in [6, 6.07) is 7.13. The van der Waals surface area contributed by atoms with Gasteiger partial charge in [-0.1, -0.05) is 19.1 Å². The van der Waals surface area contributed by atoms with E-state index < -0.39 is 11.6 Å². The zero-order valence-electron chi connectivity index (χ0n) is 10.8. The Hall–Kier alpha value is -1.55. The molecule has 1 unspecified atom stereocenters. The van der Waals surface area contributed by atoms with Crippen molar-refractivity contribution in [1.29, 1.82) is 0 Å². The van der Waals surface area contributed by atoms with Gasteiger partial charge < -0.3 is 14.9 Å². The molecule has 0 aliphatic rings. The maximum Gasteiger partial charge on any atom is 0.303 e. The Morgan fingerprint density at radius 3 is 2.44 bits per heavy atom. The number of hydrogen-bond acceptors (Lipinski definition) is 3. The van der Waals surface area contributed by atoms with Gasteiger partial charge in [-0.15, -0.1) is 0 Å². The fourth-order valence-corrected chi connectivity index (χ4v) is 1.62. The summed E-state index contributed by atoms with van der Waals surface area (Å²) in [5.74, 6) is -0.146. The van der Waals surface area contributed by atoms with Crippen LogP contribution in [0.15, 0.2) is 24.3 Å². The normalized spacial score (nSPS) is 13.9. The third-order valence-corrected chi connectivity index (χ3v) is 2.77. The number of carbonyl (C=O) groups is 1. The van der Waals surface area contributed by atoms with E-state index in [0.717, 1.165) is 12.2 Å². The highest BCUT2D eigenvalue weighted by atomic mass is 16.5. The minimum atomic E-state index is -1.12. The Labute approximate surface area is 107 Å². The number of benzene rings is 1. The lowest BCUT2D eigenvalue weighted by Crippen LogP contribution is -2.22. The summed E-state index contributed by atoms with van der Waals surface area (Å²) >= 11 is 0. The Kier molecular flexibility index (Phi) is 5.16. The SMILES string of the molecule is CCCOc1ccc(C(C)(O)CCC(=O)O)cc1. The zero-order valence-corrected chi connectivity index (χ0v) is 10.8. The number of aliphatic hydroxyl groups is 1. The first-order chi connectivity index (χ1) is 8.45. The van der Waals surface area contributed by atoms with Gasteiger partial charge in [-0.25, -0.2) is 0 Å². The van der Waals surface area contributed by atoms with Crippen LogP contribution in [0.3, 0.4) is 0 Å². The number of hydrogen-bond donors (Lipinski definition) is 2. The van der Waals surface area contributed by atoms with Crippen molar-refractivity contribution in [3.8, 4) is 5.75 Å². The Morgan fingerprint density at radius 1 is 1.33 bits per heavy atom. The van der Waals surface area contributed by atoms with Gasteiger partial charge >= 0.3 is 5.97 Å². The molecule has 1 atom stereocenters. The van der Waals surface area contributed by atoms with Crippen LogP contribution in [0.2, 0.25) is 0 Å². The largest absolute Gasteiger partial charge is 0.494 e. The molecule has 0 amide bonds. The molecule has 2 N–H and O–H groups in total. The molecular formula is C14H20O4. The average molecular weight is 252 g/mol. The first-order valence-corrected chi connectivity index (χ1v) is 6.13. The molecule has 0 radical (unpaired) electrons. The molecule has 0 bridgehead atoms. The lowest BCUT2D eigenvalue weighted by atomic mass is 9.91. The molecule has 0 fully saturated rings. The smallest absolute Gasteiger partial charge is 0.303 e. The molecule has 0 aliphatic carbocycles. The molecule has 1 rings (SSSR count). The maximum absolute atomic E-state index is 10.5. The van der Waals surface area contributed by atoms with Crippen LogP contribution in [0, 0.1) is 0 Å². The lowest BCUT2D eigenvalue weighted by Gasteiger charge is -2.23. The van der Waals surface area contributed by atoms with Crippen LogP contribution in [0.4, 0.5) is 0 Å². The highest BCUT2D eigenvalue weighted by Crippen LogP contribution is 2.27. The van der Waals surface area contributed by atoms with Crippen molar-refractivity contribution in [2.75, 3.05) is 6.61 Å². The molecule has 1 aromatic rings. The predicted molar refractivity (Wildman–Crippen MR) is 68.7 cm³/mol. The van der Waals surface area contributed by atoms with Crippen molar-refractivity contribution >= 4 is 5.97 Å². The molecule has 0 saturated heterocycles. The van der Waals surface area contributed by atoms with Gasteiger partial charge in [-0.05, 0) is 37.5 Å². The Balaban J connectivity index is 2.67. The van der Waals surface area contributed by atoms with E-state index in [1.807, 2.05) is 6.92 Å². The molecule has 4 nitrogen and oxygen atoms in total. The monoisotopic (exact) mass is 252 g/mol. The van der Waals surface area contributed by atoms with Gasteiger partial charge in [-0.2, -0.15) is 0 Å².